The molecule has 0 saturated carbocycles. The molecule has 0 aliphatic carbocycles. The number of hydrogen-bond donors (Lipinski definition) is 2. The number of halogens is 2. The minimum atomic E-state index is -0.583. The molecule has 2 amide bonds. The van der Waals surface area contributed by atoms with Gasteiger partial charge in [0.2, 0.25) is 5.91 Å². The smallest absolute Gasteiger partial charge is 0.270 e. The summed E-state index contributed by atoms with van der Waals surface area (Å²) in [6.45, 7) is 1.58. The summed E-state index contributed by atoms with van der Waals surface area (Å²) < 4.78 is 19.8. The maximum absolute atomic E-state index is 13.6. The normalized spacial score (nSPS) is 14.4. The number of methoxy groups -OCH3 is 1. The Morgan fingerprint density at radius 3 is 2.79 bits per heavy atom. The number of likely N-dealkylation sites (N-methyl/N-ethyl adjacent to an activating group) is 1. The van der Waals surface area contributed by atoms with Crippen molar-refractivity contribution in [2.24, 2.45) is 5.16 Å². The van der Waals surface area contributed by atoms with Gasteiger partial charge in [0.05, 0.1) is 12.8 Å². The second-order valence-corrected chi connectivity index (χ2v) is 8.81. The Hall–Kier alpha value is -4.32. The Balaban J connectivity index is 1.48. The second kappa shape index (κ2) is 11.4. The topological polar surface area (TPSA) is 137 Å². The van der Waals surface area contributed by atoms with E-state index in [1.165, 1.54) is 49.2 Å². The van der Waals surface area contributed by atoms with E-state index in [1.54, 1.807) is 13.0 Å². The number of rotatable bonds is 8. The minimum Gasteiger partial charge on any atom is -0.494 e. The molecule has 0 saturated heterocycles. The van der Waals surface area contributed by atoms with Crippen LogP contribution >= 0.6 is 11.6 Å². The van der Waals surface area contributed by atoms with Crippen LogP contribution in [-0.4, -0.2) is 46.2 Å². The van der Waals surface area contributed by atoms with Crippen LogP contribution in [0.15, 0.2) is 46.5 Å². The summed E-state index contributed by atoms with van der Waals surface area (Å²) in [4.78, 5) is 51.1. The van der Waals surface area contributed by atoms with Crippen LogP contribution in [0.5, 0.6) is 5.75 Å². The zero-order valence-corrected chi connectivity index (χ0v) is 21.5. The van der Waals surface area contributed by atoms with Gasteiger partial charge >= 0.3 is 0 Å². The lowest BCUT2D eigenvalue weighted by molar-refractivity contribution is -0.121. The number of carbonyl (C=O) groups excluding carboxylic acids is 2. The zero-order valence-electron chi connectivity index (χ0n) is 20.7. The van der Waals surface area contributed by atoms with Crippen molar-refractivity contribution in [2.45, 2.75) is 32.5 Å². The van der Waals surface area contributed by atoms with Crippen molar-refractivity contribution < 1.29 is 23.6 Å². The van der Waals surface area contributed by atoms with E-state index >= 15 is 0 Å². The van der Waals surface area contributed by atoms with Gasteiger partial charge in [-0.2, -0.15) is 0 Å². The Morgan fingerprint density at radius 2 is 2.05 bits per heavy atom. The van der Waals surface area contributed by atoms with Gasteiger partial charge in [0.1, 0.15) is 28.8 Å². The highest BCUT2D eigenvalue weighted by Gasteiger charge is 2.27. The first-order chi connectivity index (χ1) is 18.2. The van der Waals surface area contributed by atoms with Crippen molar-refractivity contribution in [1.82, 2.24) is 25.2 Å². The molecule has 3 aromatic rings. The number of aryl methyl sites for hydroxylation is 1. The average molecular weight is 543 g/mol. The van der Waals surface area contributed by atoms with Crippen LogP contribution in [0.4, 0.5) is 4.39 Å². The Bertz CT molecular complexity index is 1490. The van der Waals surface area contributed by atoms with Gasteiger partial charge in [0.25, 0.3) is 11.5 Å². The van der Waals surface area contributed by atoms with Crippen molar-refractivity contribution in [2.75, 3.05) is 14.2 Å². The Kier molecular flexibility index (Phi) is 8.01. The lowest BCUT2D eigenvalue weighted by atomic mass is 10.0. The molecule has 4 rings (SSSR count). The monoisotopic (exact) mass is 542 g/mol. The van der Waals surface area contributed by atoms with Gasteiger partial charge in [-0.3, -0.25) is 14.4 Å². The highest BCUT2D eigenvalue weighted by atomic mass is 35.5. The van der Waals surface area contributed by atoms with E-state index in [4.69, 9.17) is 21.2 Å². The fourth-order valence-corrected chi connectivity index (χ4v) is 4.01. The number of ether oxygens (including phenoxy) is 1. The molecule has 1 aliphatic heterocycles. The predicted octanol–water partition coefficient (Wildman–Crippen LogP) is 2.29. The SMILES string of the molecule is CNC(=O)Cn1cc(C2CC(c3cc(C(=O)NCc4ccc(F)c(OC)c4)nc(C)n3)=NO2)cc(Cl)c1=O. The molecule has 1 aliphatic rings. The number of carbonyl (C=O) groups is 2. The standard InChI is InChI=1S/C25H24ClFN6O5/c1-13-30-18(8-20(31-13)24(35)29-10-14-4-5-17(27)22(6-14)37-3)19-9-21(38-32-19)15-7-16(26)25(36)33(11-15)12-23(34)28-2/h4-8,11,21H,9-10,12H2,1-3H3,(H,28,34)(H,29,35). The first kappa shape index (κ1) is 26.7. The van der Waals surface area contributed by atoms with Crippen molar-refractivity contribution in [1.29, 1.82) is 0 Å². The molecule has 3 heterocycles. The third-order valence-electron chi connectivity index (χ3n) is 5.73. The number of nitrogens with one attached hydrogen (secondary N) is 2. The molecule has 0 fully saturated rings. The summed E-state index contributed by atoms with van der Waals surface area (Å²) in [7, 11) is 2.83. The molecule has 1 unspecified atom stereocenters. The number of hydrogen-bond acceptors (Lipinski definition) is 8. The van der Waals surface area contributed by atoms with Gasteiger partial charge in [-0.1, -0.05) is 22.8 Å². The van der Waals surface area contributed by atoms with E-state index < -0.39 is 23.4 Å². The summed E-state index contributed by atoms with van der Waals surface area (Å²) in [5, 5.41) is 9.27. The Labute approximate surface area is 221 Å². The minimum absolute atomic E-state index is 0.0564. The molecule has 0 spiro atoms. The molecule has 11 nitrogen and oxygen atoms in total. The van der Waals surface area contributed by atoms with E-state index in [9.17, 15) is 18.8 Å². The highest BCUT2D eigenvalue weighted by molar-refractivity contribution is 6.30. The maximum Gasteiger partial charge on any atom is 0.270 e. The molecule has 2 aromatic heterocycles. The summed E-state index contributed by atoms with van der Waals surface area (Å²) in [6, 6.07) is 7.28. The highest BCUT2D eigenvalue weighted by Crippen LogP contribution is 2.30. The molecule has 13 heteroatoms. The second-order valence-electron chi connectivity index (χ2n) is 8.40. The van der Waals surface area contributed by atoms with Crippen LogP contribution in [0.1, 0.15) is 45.7 Å². The van der Waals surface area contributed by atoms with Crippen LogP contribution in [-0.2, 0) is 22.7 Å². The molecule has 1 aromatic carbocycles. The molecule has 38 heavy (non-hydrogen) atoms. The van der Waals surface area contributed by atoms with Crippen LogP contribution in [0.3, 0.4) is 0 Å². The third-order valence-corrected chi connectivity index (χ3v) is 6.00. The first-order valence-electron chi connectivity index (χ1n) is 11.5. The number of oxime groups is 1. The zero-order chi connectivity index (χ0) is 27.4. The van der Waals surface area contributed by atoms with Crippen molar-refractivity contribution in [3.63, 3.8) is 0 Å². The molecule has 0 bridgehead atoms. The Morgan fingerprint density at radius 1 is 1.26 bits per heavy atom. The van der Waals surface area contributed by atoms with E-state index in [0.29, 0.717) is 28.4 Å². The molecular formula is C25H24ClFN6O5. The molecule has 198 valence electrons. The van der Waals surface area contributed by atoms with E-state index in [-0.39, 0.29) is 41.9 Å². The van der Waals surface area contributed by atoms with Gasteiger partial charge in [-0.25, -0.2) is 14.4 Å². The van der Waals surface area contributed by atoms with Gasteiger partial charge in [-0.05, 0) is 36.8 Å². The van der Waals surface area contributed by atoms with Gasteiger partial charge in [0.15, 0.2) is 17.7 Å². The fourth-order valence-electron chi connectivity index (χ4n) is 3.77. The number of nitrogens with zero attached hydrogens (tertiary/aromatic N) is 4. The fraction of sp³-hybridized carbons (Fsp3) is 0.280. The molecule has 2 N–H and O–H groups in total. The quantitative estimate of drug-likeness (QED) is 0.445. The van der Waals surface area contributed by atoms with Crippen LogP contribution in [0, 0.1) is 12.7 Å². The van der Waals surface area contributed by atoms with Crippen molar-refractivity contribution in [3.8, 4) is 5.75 Å². The van der Waals surface area contributed by atoms with E-state index in [2.05, 4.69) is 25.8 Å². The first-order valence-corrected chi connectivity index (χ1v) is 11.9. The van der Waals surface area contributed by atoms with Crippen LogP contribution in [0.2, 0.25) is 5.02 Å². The van der Waals surface area contributed by atoms with Crippen molar-refractivity contribution >= 4 is 29.1 Å². The summed E-state index contributed by atoms with van der Waals surface area (Å²) in [5.74, 6) is -0.876. The van der Waals surface area contributed by atoms with E-state index in [1.807, 2.05) is 0 Å². The van der Waals surface area contributed by atoms with Crippen LogP contribution < -0.4 is 20.9 Å². The number of pyridine rings is 1. The summed E-state index contributed by atoms with van der Waals surface area (Å²) >= 11 is 6.10. The summed E-state index contributed by atoms with van der Waals surface area (Å²) in [6.07, 6.45) is 1.20. The number of amides is 2. The van der Waals surface area contributed by atoms with Gasteiger partial charge < -0.3 is 24.8 Å². The largest absolute Gasteiger partial charge is 0.494 e. The number of aromatic nitrogens is 3. The maximum atomic E-state index is 13.6. The van der Waals surface area contributed by atoms with Gasteiger partial charge in [0, 0.05) is 31.8 Å². The number of benzene rings is 1. The third kappa shape index (κ3) is 5.97. The lowest BCUT2D eigenvalue weighted by Gasteiger charge is -2.12. The predicted molar refractivity (Wildman–Crippen MR) is 136 cm³/mol. The van der Waals surface area contributed by atoms with E-state index in [0.717, 1.165) is 0 Å². The van der Waals surface area contributed by atoms with Crippen LogP contribution in [0.25, 0.3) is 0 Å². The molecule has 0 radical (unpaired) electrons. The van der Waals surface area contributed by atoms with Gasteiger partial charge in [-0.15, -0.1) is 0 Å². The molecular weight excluding hydrogens is 519 g/mol. The lowest BCUT2D eigenvalue weighted by Crippen LogP contribution is -2.30. The average Bonchev–Trinajstić information content (AvgIpc) is 3.40. The molecule has 1 atom stereocenters. The van der Waals surface area contributed by atoms with Crippen molar-refractivity contribution in [3.05, 3.63) is 86.1 Å². The summed E-state index contributed by atoms with van der Waals surface area (Å²) in [5.41, 5.74) is 1.69.